The summed E-state index contributed by atoms with van der Waals surface area (Å²) in [6, 6.07) is 6.78. The highest BCUT2D eigenvalue weighted by Crippen LogP contribution is 2.06. The van der Waals surface area contributed by atoms with Gasteiger partial charge < -0.3 is 14.8 Å². The number of aryl methyl sites for hydroxylation is 1. The second kappa shape index (κ2) is 6.15. The molecule has 19 heavy (non-hydrogen) atoms. The lowest BCUT2D eigenvalue weighted by Gasteiger charge is -2.03. The second-order valence-electron chi connectivity index (χ2n) is 4.18. The summed E-state index contributed by atoms with van der Waals surface area (Å²) in [6.07, 6.45) is 2.57. The molecule has 2 N–H and O–H groups in total. The summed E-state index contributed by atoms with van der Waals surface area (Å²) in [5, 5.41) is 12.0. The minimum atomic E-state index is -0.911. The van der Waals surface area contributed by atoms with Gasteiger partial charge in [0.1, 0.15) is 5.76 Å². The molecule has 0 saturated carbocycles. The predicted octanol–water partition coefficient (Wildman–Crippen LogP) is 2.23. The van der Waals surface area contributed by atoms with Crippen molar-refractivity contribution in [2.45, 2.75) is 26.4 Å². The van der Waals surface area contributed by atoms with E-state index in [0.29, 0.717) is 24.5 Å². The van der Waals surface area contributed by atoms with Crippen molar-refractivity contribution in [2.75, 3.05) is 0 Å². The van der Waals surface area contributed by atoms with E-state index < -0.39 is 5.97 Å². The molecule has 0 spiro atoms. The fraction of sp³-hybridized carbons (Fsp3) is 0.286. The smallest absolute Gasteiger partial charge is 0.335 e. The maximum atomic E-state index is 10.7. The van der Waals surface area contributed by atoms with Crippen LogP contribution in [0.3, 0.4) is 0 Å². The Morgan fingerprint density at radius 2 is 2.05 bits per heavy atom. The third-order valence-corrected chi connectivity index (χ3v) is 2.76. The third-order valence-electron chi connectivity index (χ3n) is 2.76. The van der Waals surface area contributed by atoms with Crippen molar-refractivity contribution in [1.29, 1.82) is 0 Å². The van der Waals surface area contributed by atoms with Crippen molar-refractivity contribution < 1.29 is 14.3 Å². The van der Waals surface area contributed by atoms with E-state index in [1.54, 1.807) is 30.5 Å². The lowest BCUT2D eigenvalue weighted by molar-refractivity contribution is 0.0697. The molecule has 0 saturated heterocycles. The van der Waals surface area contributed by atoms with E-state index in [9.17, 15) is 4.79 Å². The summed E-state index contributed by atoms with van der Waals surface area (Å²) < 4.78 is 5.47. The van der Waals surface area contributed by atoms with E-state index in [-0.39, 0.29) is 0 Å². The van der Waals surface area contributed by atoms with E-state index in [1.165, 1.54) is 0 Å². The Kier molecular flexibility index (Phi) is 4.30. The molecule has 2 aromatic rings. The molecule has 0 radical (unpaired) electrons. The van der Waals surface area contributed by atoms with Gasteiger partial charge in [0.2, 0.25) is 5.89 Å². The van der Waals surface area contributed by atoms with Crippen LogP contribution in [0.1, 0.15) is 34.5 Å². The van der Waals surface area contributed by atoms with Crippen molar-refractivity contribution >= 4 is 5.97 Å². The summed E-state index contributed by atoms with van der Waals surface area (Å²) in [7, 11) is 0. The second-order valence-corrected chi connectivity index (χ2v) is 4.18. The maximum absolute atomic E-state index is 10.7. The van der Waals surface area contributed by atoms with Gasteiger partial charge in [-0.05, 0) is 17.7 Å². The first-order valence-electron chi connectivity index (χ1n) is 6.15. The topological polar surface area (TPSA) is 75.4 Å². The monoisotopic (exact) mass is 260 g/mol. The number of benzene rings is 1. The number of carboxylic acids is 1. The van der Waals surface area contributed by atoms with Crippen molar-refractivity contribution in [1.82, 2.24) is 10.3 Å². The largest absolute Gasteiger partial charge is 0.478 e. The molecule has 0 atom stereocenters. The first kappa shape index (κ1) is 13.3. The lowest BCUT2D eigenvalue weighted by atomic mass is 10.1. The molecule has 1 aromatic carbocycles. The molecule has 1 heterocycles. The molecule has 1 aromatic heterocycles. The van der Waals surface area contributed by atoms with E-state index in [4.69, 9.17) is 9.52 Å². The van der Waals surface area contributed by atoms with Gasteiger partial charge in [0.25, 0.3) is 0 Å². The zero-order chi connectivity index (χ0) is 13.7. The summed E-state index contributed by atoms with van der Waals surface area (Å²) in [6.45, 7) is 3.21. The highest BCUT2D eigenvalue weighted by Gasteiger charge is 2.03. The quantitative estimate of drug-likeness (QED) is 0.833. The van der Waals surface area contributed by atoms with Crippen molar-refractivity contribution in [3.63, 3.8) is 0 Å². The van der Waals surface area contributed by atoms with Crippen LogP contribution >= 0.6 is 0 Å². The number of hydrogen-bond donors (Lipinski definition) is 2. The van der Waals surface area contributed by atoms with E-state index in [2.05, 4.69) is 10.3 Å². The fourth-order valence-electron chi connectivity index (χ4n) is 1.67. The average Bonchev–Trinajstić information content (AvgIpc) is 2.87. The Morgan fingerprint density at radius 3 is 2.63 bits per heavy atom. The average molecular weight is 260 g/mol. The van der Waals surface area contributed by atoms with Crippen LogP contribution in [0.2, 0.25) is 0 Å². The number of rotatable bonds is 6. The van der Waals surface area contributed by atoms with Gasteiger partial charge in [-0.25, -0.2) is 9.78 Å². The van der Waals surface area contributed by atoms with Gasteiger partial charge in [0.15, 0.2) is 0 Å². The molecule has 0 bridgehead atoms. The summed E-state index contributed by atoms with van der Waals surface area (Å²) in [4.78, 5) is 14.9. The molecule has 0 fully saturated rings. The molecule has 0 amide bonds. The van der Waals surface area contributed by atoms with Crippen LogP contribution < -0.4 is 5.32 Å². The molecule has 0 unspecified atom stereocenters. The van der Waals surface area contributed by atoms with Gasteiger partial charge in [0.05, 0.1) is 18.3 Å². The Balaban J connectivity index is 1.83. The molecule has 100 valence electrons. The predicted molar refractivity (Wildman–Crippen MR) is 69.8 cm³/mol. The SMILES string of the molecule is CCc1cnc(CNCc2ccc(C(=O)O)cc2)o1. The standard InChI is InChI=1S/C14H16N2O3/c1-2-12-8-16-13(19-12)9-15-7-10-3-5-11(6-4-10)14(17)18/h3-6,8,15H,2,7,9H2,1H3,(H,17,18). The molecule has 2 rings (SSSR count). The van der Waals surface area contributed by atoms with Crippen LogP contribution in [0, 0.1) is 0 Å². The number of carboxylic acid groups (broad SMARTS) is 1. The highest BCUT2D eigenvalue weighted by atomic mass is 16.4. The number of nitrogens with zero attached hydrogens (tertiary/aromatic N) is 1. The van der Waals surface area contributed by atoms with Crippen LogP contribution in [0.15, 0.2) is 34.9 Å². The molecule has 5 nitrogen and oxygen atoms in total. The Labute approximate surface area is 111 Å². The van der Waals surface area contributed by atoms with Crippen molar-refractivity contribution in [3.8, 4) is 0 Å². The third kappa shape index (κ3) is 3.66. The van der Waals surface area contributed by atoms with Crippen molar-refractivity contribution in [2.24, 2.45) is 0 Å². The normalized spacial score (nSPS) is 10.6. The molecule has 0 aliphatic carbocycles. The summed E-state index contributed by atoms with van der Waals surface area (Å²) in [5.74, 6) is 0.632. The molecule has 5 heteroatoms. The maximum Gasteiger partial charge on any atom is 0.335 e. The van der Waals surface area contributed by atoms with Crippen LogP contribution in [-0.4, -0.2) is 16.1 Å². The number of aromatic carboxylic acids is 1. The molecular formula is C14H16N2O3. The van der Waals surface area contributed by atoms with Crippen LogP contribution in [-0.2, 0) is 19.5 Å². The number of aromatic nitrogens is 1. The van der Waals surface area contributed by atoms with Crippen molar-refractivity contribution in [3.05, 3.63) is 53.2 Å². The minimum Gasteiger partial charge on any atom is -0.478 e. The van der Waals surface area contributed by atoms with Gasteiger partial charge >= 0.3 is 5.97 Å². The van der Waals surface area contributed by atoms with Gasteiger partial charge in [-0.15, -0.1) is 0 Å². The van der Waals surface area contributed by atoms with E-state index in [1.807, 2.05) is 6.92 Å². The first-order valence-corrected chi connectivity index (χ1v) is 6.15. The first-order chi connectivity index (χ1) is 9.19. The van der Waals surface area contributed by atoms with Gasteiger partial charge in [-0.1, -0.05) is 19.1 Å². The zero-order valence-corrected chi connectivity index (χ0v) is 10.7. The molecule has 0 aliphatic rings. The Morgan fingerprint density at radius 1 is 1.32 bits per heavy atom. The Bertz CT molecular complexity index is 546. The van der Waals surface area contributed by atoms with Gasteiger partial charge in [-0.3, -0.25) is 0 Å². The number of oxazole rings is 1. The lowest BCUT2D eigenvalue weighted by Crippen LogP contribution is -2.13. The van der Waals surface area contributed by atoms with Crippen LogP contribution in [0.5, 0.6) is 0 Å². The minimum absolute atomic E-state index is 0.295. The fourth-order valence-corrected chi connectivity index (χ4v) is 1.67. The number of hydrogen-bond acceptors (Lipinski definition) is 4. The summed E-state index contributed by atoms with van der Waals surface area (Å²) in [5.41, 5.74) is 1.32. The molecule has 0 aliphatic heterocycles. The van der Waals surface area contributed by atoms with Gasteiger partial charge in [0, 0.05) is 13.0 Å². The van der Waals surface area contributed by atoms with Crippen LogP contribution in [0.25, 0.3) is 0 Å². The highest BCUT2D eigenvalue weighted by molar-refractivity contribution is 5.87. The number of carbonyl (C=O) groups is 1. The van der Waals surface area contributed by atoms with E-state index >= 15 is 0 Å². The number of nitrogens with one attached hydrogen (secondary N) is 1. The zero-order valence-electron chi connectivity index (χ0n) is 10.7. The Hall–Kier alpha value is -2.14. The molecular weight excluding hydrogens is 244 g/mol. The summed E-state index contributed by atoms with van der Waals surface area (Å²) >= 11 is 0. The van der Waals surface area contributed by atoms with Crippen LogP contribution in [0.4, 0.5) is 0 Å². The van der Waals surface area contributed by atoms with Gasteiger partial charge in [-0.2, -0.15) is 0 Å². The van der Waals surface area contributed by atoms with E-state index in [0.717, 1.165) is 17.7 Å².